The summed E-state index contributed by atoms with van der Waals surface area (Å²) in [5.74, 6) is -1.30. The summed E-state index contributed by atoms with van der Waals surface area (Å²) in [5, 5.41) is 11.2. The Morgan fingerprint density at radius 2 is 2.29 bits per heavy atom. The molecule has 0 saturated carbocycles. The summed E-state index contributed by atoms with van der Waals surface area (Å²) in [7, 11) is 0. The molecule has 0 bridgehead atoms. The second-order valence-corrected chi connectivity index (χ2v) is 7.33. The fraction of sp³-hybridized carbons (Fsp3) is 0.308. The van der Waals surface area contributed by atoms with Crippen molar-refractivity contribution in [1.82, 2.24) is 10.2 Å². The molecule has 1 aromatic carbocycles. The lowest BCUT2D eigenvalue weighted by molar-refractivity contribution is 0.102. The van der Waals surface area contributed by atoms with Crippen molar-refractivity contribution in [2.24, 2.45) is 0 Å². The third kappa shape index (κ3) is 4.15. The fourth-order valence-electron chi connectivity index (χ4n) is 1.44. The van der Waals surface area contributed by atoms with E-state index in [1.54, 1.807) is 11.8 Å². The molecule has 0 aliphatic carbocycles. The Morgan fingerprint density at radius 3 is 2.95 bits per heavy atom. The van der Waals surface area contributed by atoms with Crippen LogP contribution in [0.25, 0.3) is 0 Å². The normalized spacial score (nSPS) is 12.2. The smallest absolute Gasteiger partial charge is 0.261 e. The highest BCUT2D eigenvalue weighted by Crippen LogP contribution is 2.30. The van der Waals surface area contributed by atoms with Gasteiger partial charge in [-0.25, -0.2) is 4.39 Å². The molecule has 21 heavy (non-hydrogen) atoms. The molecule has 0 unspecified atom stereocenters. The first-order valence-electron chi connectivity index (χ1n) is 6.26. The van der Waals surface area contributed by atoms with Gasteiger partial charge < -0.3 is 0 Å². The standard InChI is InChI=1S/C13H13ClFN3OS2/c1-3-7(2)20-13-18-17-12(21-13)16-11(19)10-8(14)5-4-6-9(10)15/h4-7H,3H2,1-2H3,(H,16,17,19)/t7-/m1/s1. The Morgan fingerprint density at radius 1 is 1.52 bits per heavy atom. The lowest BCUT2D eigenvalue weighted by atomic mass is 10.2. The largest absolute Gasteiger partial charge is 0.296 e. The Balaban J connectivity index is 2.10. The number of aromatic nitrogens is 2. The summed E-state index contributed by atoms with van der Waals surface area (Å²) in [4.78, 5) is 12.0. The second kappa shape index (κ2) is 7.20. The van der Waals surface area contributed by atoms with Crippen molar-refractivity contribution in [1.29, 1.82) is 0 Å². The highest BCUT2D eigenvalue weighted by atomic mass is 35.5. The molecule has 2 aromatic rings. The molecule has 1 heterocycles. The van der Waals surface area contributed by atoms with Crippen LogP contribution in [-0.2, 0) is 0 Å². The van der Waals surface area contributed by atoms with Gasteiger partial charge in [0.2, 0.25) is 5.13 Å². The van der Waals surface area contributed by atoms with E-state index in [2.05, 4.69) is 29.4 Å². The van der Waals surface area contributed by atoms with Crippen LogP contribution < -0.4 is 5.32 Å². The number of amides is 1. The van der Waals surface area contributed by atoms with Crippen LogP contribution in [0.4, 0.5) is 9.52 Å². The summed E-state index contributed by atoms with van der Waals surface area (Å²) in [5.41, 5.74) is -0.189. The minimum Gasteiger partial charge on any atom is -0.296 e. The maximum absolute atomic E-state index is 13.6. The van der Waals surface area contributed by atoms with E-state index in [-0.39, 0.29) is 10.6 Å². The van der Waals surface area contributed by atoms with Crippen molar-refractivity contribution in [2.75, 3.05) is 5.32 Å². The number of benzene rings is 1. The number of carbonyl (C=O) groups is 1. The number of hydrogen-bond donors (Lipinski definition) is 1. The molecule has 0 aliphatic rings. The molecule has 2 rings (SSSR count). The zero-order chi connectivity index (χ0) is 15.4. The van der Waals surface area contributed by atoms with E-state index < -0.39 is 11.7 Å². The lowest BCUT2D eigenvalue weighted by Crippen LogP contribution is -2.14. The van der Waals surface area contributed by atoms with Gasteiger partial charge in [-0.1, -0.05) is 54.6 Å². The highest BCUT2D eigenvalue weighted by Gasteiger charge is 2.18. The topological polar surface area (TPSA) is 54.9 Å². The number of rotatable bonds is 5. The SMILES string of the molecule is CC[C@@H](C)Sc1nnc(NC(=O)c2c(F)cccc2Cl)s1. The zero-order valence-corrected chi connectivity index (χ0v) is 13.8. The molecule has 4 nitrogen and oxygen atoms in total. The van der Waals surface area contributed by atoms with E-state index in [0.29, 0.717) is 10.4 Å². The first kappa shape index (κ1) is 16.2. The van der Waals surface area contributed by atoms with Gasteiger partial charge in [-0.15, -0.1) is 10.2 Å². The van der Waals surface area contributed by atoms with Crippen molar-refractivity contribution in [2.45, 2.75) is 29.9 Å². The second-order valence-electron chi connectivity index (χ2n) is 4.26. The van der Waals surface area contributed by atoms with E-state index in [4.69, 9.17) is 11.6 Å². The molecule has 112 valence electrons. The van der Waals surface area contributed by atoms with Gasteiger partial charge in [0.15, 0.2) is 4.34 Å². The van der Waals surface area contributed by atoms with Crippen LogP contribution in [0, 0.1) is 5.82 Å². The van der Waals surface area contributed by atoms with E-state index in [1.165, 1.54) is 29.5 Å². The average Bonchev–Trinajstić information content (AvgIpc) is 2.85. The predicted molar refractivity (Wildman–Crippen MR) is 84.9 cm³/mol. The number of halogens is 2. The molecule has 1 N–H and O–H groups in total. The summed E-state index contributed by atoms with van der Waals surface area (Å²) >= 11 is 8.69. The van der Waals surface area contributed by atoms with Gasteiger partial charge in [0, 0.05) is 5.25 Å². The Bertz CT molecular complexity index is 630. The highest BCUT2D eigenvalue weighted by molar-refractivity contribution is 8.01. The minimum atomic E-state index is -0.668. The zero-order valence-electron chi connectivity index (χ0n) is 11.4. The van der Waals surface area contributed by atoms with E-state index in [0.717, 1.165) is 10.8 Å². The molecular formula is C13H13ClFN3OS2. The lowest BCUT2D eigenvalue weighted by Gasteiger charge is -2.04. The number of nitrogens with zero attached hydrogens (tertiary/aromatic N) is 2. The van der Waals surface area contributed by atoms with Crippen LogP contribution in [0.1, 0.15) is 30.6 Å². The Labute approximate surface area is 135 Å². The summed E-state index contributed by atoms with van der Waals surface area (Å²) in [6.07, 6.45) is 1.01. The third-order valence-corrected chi connectivity index (χ3v) is 5.20. The molecule has 1 atom stereocenters. The number of carbonyl (C=O) groups excluding carboxylic acids is 1. The van der Waals surface area contributed by atoms with E-state index >= 15 is 0 Å². The number of anilines is 1. The van der Waals surface area contributed by atoms with Gasteiger partial charge in [0.05, 0.1) is 10.6 Å². The van der Waals surface area contributed by atoms with Crippen LogP contribution in [0.3, 0.4) is 0 Å². The third-order valence-electron chi connectivity index (χ3n) is 2.69. The molecule has 1 amide bonds. The van der Waals surface area contributed by atoms with Gasteiger partial charge in [0.25, 0.3) is 5.91 Å². The Hall–Kier alpha value is -1.18. The van der Waals surface area contributed by atoms with Gasteiger partial charge in [-0.2, -0.15) is 0 Å². The van der Waals surface area contributed by atoms with Crippen LogP contribution >= 0.6 is 34.7 Å². The Kier molecular flexibility index (Phi) is 5.55. The van der Waals surface area contributed by atoms with E-state index in [9.17, 15) is 9.18 Å². The monoisotopic (exact) mass is 345 g/mol. The van der Waals surface area contributed by atoms with Crippen molar-refractivity contribution in [3.63, 3.8) is 0 Å². The first-order chi connectivity index (χ1) is 10.0. The first-order valence-corrected chi connectivity index (χ1v) is 8.34. The molecule has 0 spiro atoms. The minimum absolute atomic E-state index is 0.0613. The summed E-state index contributed by atoms with van der Waals surface area (Å²) in [6, 6.07) is 4.09. The molecule has 0 radical (unpaired) electrons. The molecule has 0 fully saturated rings. The molecule has 8 heteroatoms. The maximum atomic E-state index is 13.6. The van der Waals surface area contributed by atoms with E-state index in [1.807, 2.05) is 0 Å². The average molecular weight is 346 g/mol. The van der Waals surface area contributed by atoms with Crippen LogP contribution in [0.2, 0.25) is 5.02 Å². The number of hydrogen-bond acceptors (Lipinski definition) is 5. The van der Waals surface area contributed by atoms with Crippen LogP contribution in [0.15, 0.2) is 22.5 Å². The molecular weight excluding hydrogens is 333 g/mol. The van der Waals surface area contributed by atoms with Crippen molar-refractivity contribution >= 4 is 45.7 Å². The van der Waals surface area contributed by atoms with Crippen LogP contribution in [-0.4, -0.2) is 21.4 Å². The van der Waals surface area contributed by atoms with Gasteiger partial charge in [-0.05, 0) is 18.6 Å². The van der Waals surface area contributed by atoms with Crippen molar-refractivity contribution in [3.05, 3.63) is 34.6 Å². The maximum Gasteiger partial charge on any atom is 0.261 e. The van der Waals surface area contributed by atoms with Crippen molar-refractivity contribution in [3.8, 4) is 0 Å². The number of nitrogens with one attached hydrogen (secondary N) is 1. The number of thioether (sulfide) groups is 1. The molecule has 1 aromatic heterocycles. The summed E-state index contributed by atoms with van der Waals surface area (Å²) < 4.78 is 14.4. The van der Waals surface area contributed by atoms with Gasteiger partial charge in [-0.3, -0.25) is 10.1 Å². The van der Waals surface area contributed by atoms with Gasteiger partial charge >= 0.3 is 0 Å². The summed E-state index contributed by atoms with van der Waals surface area (Å²) in [6.45, 7) is 4.17. The predicted octanol–water partition coefficient (Wildman–Crippen LogP) is 4.47. The fourth-order valence-corrected chi connectivity index (χ4v) is 3.68. The van der Waals surface area contributed by atoms with Gasteiger partial charge in [0.1, 0.15) is 5.82 Å². The quantitative estimate of drug-likeness (QED) is 0.641. The molecule has 0 saturated heterocycles. The molecule has 0 aliphatic heterocycles. The van der Waals surface area contributed by atoms with Crippen LogP contribution in [0.5, 0.6) is 0 Å². The van der Waals surface area contributed by atoms with Crippen molar-refractivity contribution < 1.29 is 9.18 Å².